The van der Waals surface area contributed by atoms with E-state index in [1.807, 2.05) is 30.3 Å². The fraction of sp³-hybridized carbons (Fsp3) is 0.111. The Labute approximate surface area is 148 Å². The van der Waals surface area contributed by atoms with Crippen LogP contribution in [-0.4, -0.2) is 16.1 Å². The molecule has 0 bridgehead atoms. The summed E-state index contributed by atoms with van der Waals surface area (Å²) in [5.74, 6) is -0.829. The minimum Gasteiger partial charge on any atom is -0.323 e. The highest BCUT2D eigenvalue weighted by atomic mass is 35.5. The Kier molecular flexibility index (Phi) is 5.02. The largest absolute Gasteiger partial charge is 0.323 e. The number of carbonyl (C=O) groups is 1. The quantitative estimate of drug-likeness (QED) is 0.654. The van der Waals surface area contributed by atoms with Crippen LogP contribution in [0.4, 0.5) is 10.1 Å². The van der Waals surface area contributed by atoms with Crippen molar-refractivity contribution < 1.29 is 9.18 Å². The number of fused-ring (bicyclic) bond motifs is 1. The number of benzene rings is 2. The molecule has 1 unspecified atom stereocenters. The second-order valence-corrected chi connectivity index (χ2v) is 7.02. The Bertz CT molecular complexity index is 898. The number of halogens is 2. The van der Waals surface area contributed by atoms with Crippen molar-refractivity contribution in [3.63, 3.8) is 0 Å². The van der Waals surface area contributed by atoms with Crippen LogP contribution in [0.15, 0.2) is 59.6 Å². The first-order chi connectivity index (χ1) is 11.5. The second-order valence-electron chi connectivity index (χ2n) is 5.20. The first kappa shape index (κ1) is 16.7. The Hall–Kier alpha value is -2.11. The molecule has 0 radical (unpaired) electrons. The Morgan fingerprint density at radius 3 is 2.83 bits per heavy atom. The van der Waals surface area contributed by atoms with E-state index < -0.39 is 11.1 Å². The number of para-hydroxylation sites is 1. The number of nitrogens with one attached hydrogen (secondary N) is 1. The molecule has 0 aliphatic carbocycles. The topological polar surface area (TPSA) is 42.0 Å². The third-order valence-corrected chi connectivity index (χ3v) is 4.88. The van der Waals surface area contributed by atoms with Gasteiger partial charge in [0.2, 0.25) is 5.91 Å². The number of hydrogen-bond acceptors (Lipinski definition) is 3. The zero-order chi connectivity index (χ0) is 17.1. The van der Waals surface area contributed by atoms with Gasteiger partial charge in [-0.3, -0.25) is 9.78 Å². The molecular weight excluding hydrogens is 347 g/mol. The minimum absolute atomic E-state index is 0.122. The van der Waals surface area contributed by atoms with Gasteiger partial charge in [-0.05, 0) is 37.3 Å². The summed E-state index contributed by atoms with van der Waals surface area (Å²) in [6.07, 6.45) is 1.72. The molecule has 1 N–H and O–H groups in total. The molecule has 3 aromatic rings. The normalized spacial score (nSPS) is 12.1. The van der Waals surface area contributed by atoms with Crippen LogP contribution in [0.2, 0.25) is 5.02 Å². The molecule has 24 heavy (non-hydrogen) atoms. The molecule has 1 aromatic heterocycles. The molecule has 0 saturated carbocycles. The van der Waals surface area contributed by atoms with E-state index in [-0.39, 0.29) is 16.6 Å². The third kappa shape index (κ3) is 3.68. The number of thioether (sulfide) groups is 1. The Balaban J connectivity index is 1.76. The number of amides is 1. The van der Waals surface area contributed by atoms with Gasteiger partial charge in [-0.25, -0.2) is 4.39 Å². The zero-order valence-corrected chi connectivity index (χ0v) is 14.4. The van der Waals surface area contributed by atoms with Gasteiger partial charge in [0.15, 0.2) is 0 Å². The number of aromatic nitrogens is 1. The first-order valence-corrected chi connectivity index (χ1v) is 8.56. The van der Waals surface area contributed by atoms with Crippen LogP contribution in [0.1, 0.15) is 6.92 Å². The van der Waals surface area contributed by atoms with Gasteiger partial charge in [0.25, 0.3) is 0 Å². The van der Waals surface area contributed by atoms with E-state index in [9.17, 15) is 9.18 Å². The molecule has 3 nitrogen and oxygen atoms in total. The summed E-state index contributed by atoms with van der Waals surface area (Å²) in [7, 11) is 0. The lowest BCUT2D eigenvalue weighted by molar-refractivity contribution is -0.115. The summed E-state index contributed by atoms with van der Waals surface area (Å²) in [5, 5.41) is 3.48. The smallest absolute Gasteiger partial charge is 0.237 e. The lowest BCUT2D eigenvalue weighted by Gasteiger charge is -2.13. The Morgan fingerprint density at radius 2 is 2.04 bits per heavy atom. The van der Waals surface area contributed by atoms with E-state index in [4.69, 9.17) is 11.6 Å². The molecule has 122 valence electrons. The van der Waals surface area contributed by atoms with Crippen LogP contribution in [0, 0.1) is 5.82 Å². The summed E-state index contributed by atoms with van der Waals surface area (Å²) < 4.78 is 13.8. The number of pyridine rings is 1. The van der Waals surface area contributed by atoms with Crippen molar-refractivity contribution in [3.05, 3.63) is 65.6 Å². The lowest BCUT2D eigenvalue weighted by Crippen LogP contribution is -2.23. The van der Waals surface area contributed by atoms with Crippen LogP contribution in [0.25, 0.3) is 10.9 Å². The van der Waals surface area contributed by atoms with Crippen LogP contribution in [-0.2, 0) is 4.79 Å². The van der Waals surface area contributed by atoms with Crippen molar-refractivity contribution in [2.24, 2.45) is 0 Å². The van der Waals surface area contributed by atoms with Crippen LogP contribution >= 0.6 is 23.4 Å². The fourth-order valence-corrected chi connectivity index (χ4v) is 3.39. The number of carbonyl (C=O) groups excluding carboxylic acids is 1. The average Bonchev–Trinajstić information content (AvgIpc) is 2.57. The summed E-state index contributed by atoms with van der Waals surface area (Å²) >= 11 is 7.12. The maximum atomic E-state index is 13.8. The van der Waals surface area contributed by atoms with E-state index in [2.05, 4.69) is 10.3 Å². The summed E-state index contributed by atoms with van der Waals surface area (Å²) in [6, 6.07) is 13.8. The van der Waals surface area contributed by atoms with Crippen molar-refractivity contribution in [2.75, 3.05) is 5.32 Å². The molecule has 0 saturated heterocycles. The van der Waals surface area contributed by atoms with Gasteiger partial charge < -0.3 is 5.32 Å². The van der Waals surface area contributed by atoms with E-state index in [0.29, 0.717) is 0 Å². The van der Waals surface area contributed by atoms with Crippen LogP contribution in [0.3, 0.4) is 0 Å². The summed E-state index contributed by atoms with van der Waals surface area (Å²) in [6.45, 7) is 1.78. The predicted octanol–water partition coefficient (Wildman–Crippen LogP) is 5.15. The highest BCUT2D eigenvalue weighted by molar-refractivity contribution is 8.00. The molecule has 2 aromatic carbocycles. The van der Waals surface area contributed by atoms with Gasteiger partial charge in [0, 0.05) is 21.5 Å². The van der Waals surface area contributed by atoms with Gasteiger partial charge in [0.1, 0.15) is 5.82 Å². The zero-order valence-electron chi connectivity index (χ0n) is 12.8. The van der Waals surface area contributed by atoms with Crippen molar-refractivity contribution >= 4 is 45.9 Å². The molecule has 0 spiro atoms. The van der Waals surface area contributed by atoms with Gasteiger partial charge in [-0.2, -0.15) is 0 Å². The maximum absolute atomic E-state index is 13.8. The van der Waals surface area contributed by atoms with E-state index in [1.165, 1.54) is 30.0 Å². The second kappa shape index (κ2) is 7.20. The predicted molar refractivity (Wildman–Crippen MR) is 97.1 cm³/mol. The van der Waals surface area contributed by atoms with E-state index in [0.717, 1.165) is 15.8 Å². The monoisotopic (exact) mass is 360 g/mol. The molecule has 0 fully saturated rings. The standard InChI is InChI=1S/C18H14ClFN2OS/c1-11(18(23)22-16-7-6-12(19)10-14(16)20)24-17-8-9-21-15-5-3-2-4-13(15)17/h2-11H,1H3,(H,22,23). The number of nitrogens with zero attached hydrogens (tertiary/aromatic N) is 1. The molecular formula is C18H14ClFN2OS. The molecule has 1 atom stereocenters. The number of anilines is 1. The molecule has 0 aliphatic heterocycles. The SMILES string of the molecule is CC(Sc1ccnc2ccccc12)C(=O)Nc1ccc(Cl)cc1F. The molecule has 6 heteroatoms. The van der Waals surface area contributed by atoms with E-state index in [1.54, 1.807) is 13.1 Å². The lowest BCUT2D eigenvalue weighted by atomic mass is 10.2. The van der Waals surface area contributed by atoms with Crippen molar-refractivity contribution in [2.45, 2.75) is 17.1 Å². The Morgan fingerprint density at radius 1 is 1.25 bits per heavy atom. The third-order valence-electron chi connectivity index (χ3n) is 3.47. The highest BCUT2D eigenvalue weighted by Crippen LogP contribution is 2.30. The van der Waals surface area contributed by atoms with Crippen LogP contribution in [0.5, 0.6) is 0 Å². The number of rotatable bonds is 4. The van der Waals surface area contributed by atoms with Crippen molar-refractivity contribution in [1.82, 2.24) is 4.98 Å². The van der Waals surface area contributed by atoms with Crippen molar-refractivity contribution in [1.29, 1.82) is 0 Å². The summed E-state index contributed by atoms with van der Waals surface area (Å²) in [4.78, 5) is 17.6. The van der Waals surface area contributed by atoms with Crippen LogP contribution < -0.4 is 5.32 Å². The van der Waals surface area contributed by atoms with Gasteiger partial charge in [-0.15, -0.1) is 11.8 Å². The minimum atomic E-state index is -0.553. The first-order valence-electron chi connectivity index (χ1n) is 7.31. The van der Waals surface area contributed by atoms with E-state index >= 15 is 0 Å². The van der Waals surface area contributed by atoms with Gasteiger partial charge in [-0.1, -0.05) is 29.8 Å². The number of hydrogen-bond donors (Lipinski definition) is 1. The molecule has 0 aliphatic rings. The fourth-order valence-electron chi connectivity index (χ4n) is 2.24. The molecule has 3 rings (SSSR count). The van der Waals surface area contributed by atoms with Crippen molar-refractivity contribution in [3.8, 4) is 0 Å². The highest BCUT2D eigenvalue weighted by Gasteiger charge is 2.17. The molecule has 1 heterocycles. The van der Waals surface area contributed by atoms with Gasteiger partial charge in [0.05, 0.1) is 16.5 Å². The molecule has 1 amide bonds. The average molecular weight is 361 g/mol. The van der Waals surface area contributed by atoms with Gasteiger partial charge >= 0.3 is 0 Å². The maximum Gasteiger partial charge on any atom is 0.237 e. The summed E-state index contributed by atoms with van der Waals surface area (Å²) in [5.41, 5.74) is 0.996.